The number of carbonyl (C=O) groups excluding carboxylic acids is 2. The third-order valence-corrected chi connectivity index (χ3v) is 6.36. The molecule has 0 spiro atoms. The Morgan fingerprint density at radius 2 is 1.43 bits per heavy atom. The molecule has 0 aliphatic carbocycles. The zero-order valence-electron chi connectivity index (χ0n) is 17.9. The van der Waals surface area contributed by atoms with Gasteiger partial charge >= 0.3 is 0 Å². The zero-order chi connectivity index (χ0) is 20.1. The Hall–Kier alpha value is -1.18. The van der Waals surface area contributed by atoms with Gasteiger partial charge in [0, 0.05) is 52.4 Å². The van der Waals surface area contributed by atoms with Gasteiger partial charge in [-0.1, -0.05) is 12.8 Å². The van der Waals surface area contributed by atoms with Crippen LogP contribution in [0.5, 0.6) is 0 Å². The summed E-state index contributed by atoms with van der Waals surface area (Å²) in [5, 5.41) is 0. The van der Waals surface area contributed by atoms with Crippen molar-refractivity contribution in [2.45, 2.75) is 64.7 Å². The van der Waals surface area contributed by atoms with Crippen molar-refractivity contribution >= 4 is 11.8 Å². The van der Waals surface area contributed by atoms with Gasteiger partial charge in [0.2, 0.25) is 11.8 Å². The van der Waals surface area contributed by atoms with Crippen LogP contribution in [0.4, 0.5) is 0 Å². The molecule has 3 atom stereocenters. The highest BCUT2D eigenvalue weighted by molar-refractivity contribution is 5.81. The lowest BCUT2D eigenvalue weighted by Crippen LogP contribution is -2.58. The van der Waals surface area contributed by atoms with Crippen LogP contribution in [0, 0.1) is 0 Å². The molecule has 0 aromatic carbocycles. The van der Waals surface area contributed by atoms with Crippen LogP contribution in [0.1, 0.15) is 46.5 Å². The van der Waals surface area contributed by atoms with Gasteiger partial charge < -0.3 is 14.5 Å². The molecule has 3 rings (SSSR count). The first-order valence-corrected chi connectivity index (χ1v) is 11.1. The molecule has 3 aliphatic rings. The largest absolute Gasteiger partial charge is 0.372 e. The molecule has 0 N–H and O–H groups in total. The number of piperazine rings is 1. The second kappa shape index (κ2) is 10.0. The number of rotatable bonds is 4. The standard InChI is InChI=1S/C21H38N4O3/c1-17-14-25(15-18(2)28-17)21(27)19(3)23-12-10-22(11-13-23)16-20(26)24-8-6-4-5-7-9-24/h17-19H,4-16H2,1-3H3. The summed E-state index contributed by atoms with van der Waals surface area (Å²) in [5.41, 5.74) is 0. The van der Waals surface area contributed by atoms with Crippen molar-refractivity contribution in [3.8, 4) is 0 Å². The van der Waals surface area contributed by atoms with E-state index in [-0.39, 0.29) is 30.1 Å². The average molecular weight is 395 g/mol. The number of amides is 2. The second-order valence-corrected chi connectivity index (χ2v) is 8.78. The summed E-state index contributed by atoms with van der Waals surface area (Å²) in [5.74, 6) is 0.479. The minimum Gasteiger partial charge on any atom is -0.372 e. The predicted molar refractivity (Wildman–Crippen MR) is 109 cm³/mol. The summed E-state index contributed by atoms with van der Waals surface area (Å²) in [4.78, 5) is 34.1. The molecular weight excluding hydrogens is 356 g/mol. The van der Waals surface area contributed by atoms with Crippen molar-refractivity contribution in [3.63, 3.8) is 0 Å². The highest BCUT2D eigenvalue weighted by Gasteiger charge is 2.33. The van der Waals surface area contributed by atoms with Gasteiger partial charge in [-0.15, -0.1) is 0 Å². The SMILES string of the molecule is CC1CN(C(=O)C(C)N2CCN(CC(=O)N3CCCCCC3)CC2)CC(C)O1. The smallest absolute Gasteiger partial charge is 0.239 e. The van der Waals surface area contributed by atoms with Crippen LogP contribution in [0.15, 0.2) is 0 Å². The Kier molecular flexibility index (Phi) is 7.71. The summed E-state index contributed by atoms with van der Waals surface area (Å²) in [6.45, 7) is 13.2. The summed E-state index contributed by atoms with van der Waals surface area (Å²) in [7, 11) is 0. The number of ether oxygens (including phenoxy) is 1. The number of likely N-dealkylation sites (tertiary alicyclic amines) is 1. The fourth-order valence-corrected chi connectivity index (χ4v) is 4.70. The van der Waals surface area contributed by atoms with Crippen LogP contribution >= 0.6 is 0 Å². The van der Waals surface area contributed by atoms with E-state index < -0.39 is 0 Å². The van der Waals surface area contributed by atoms with Crippen LogP contribution in [-0.2, 0) is 14.3 Å². The van der Waals surface area contributed by atoms with Crippen molar-refractivity contribution in [1.29, 1.82) is 0 Å². The van der Waals surface area contributed by atoms with Crippen molar-refractivity contribution in [3.05, 3.63) is 0 Å². The van der Waals surface area contributed by atoms with E-state index in [4.69, 9.17) is 4.74 Å². The molecule has 0 saturated carbocycles. The summed E-state index contributed by atoms with van der Waals surface area (Å²) in [6.07, 6.45) is 4.96. The van der Waals surface area contributed by atoms with Gasteiger partial charge in [0.15, 0.2) is 0 Å². The molecule has 0 radical (unpaired) electrons. The molecule has 3 saturated heterocycles. The molecular formula is C21H38N4O3. The molecule has 0 aromatic rings. The lowest BCUT2D eigenvalue weighted by atomic mass is 10.1. The molecule has 7 nitrogen and oxygen atoms in total. The molecule has 0 bridgehead atoms. The van der Waals surface area contributed by atoms with Crippen molar-refractivity contribution in [2.75, 3.05) is 58.9 Å². The lowest BCUT2D eigenvalue weighted by molar-refractivity contribution is -0.149. The van der Waals surface area contributed by atoms with Crippen LogP contribution in [-0.4, -0.2) is 109 Å². The Morgan fingerprint density at radius 1 is 0.857 bits per heavy atom. The molecule has 3 heterocycles. The third-order valence-electron chi connectivity index (χ3n) is 6.36. The van der Waals surface area contributed by atoms with Gasteiger partial charge in [0.25, 0.3) is 0 Å². The van der Waals surface area contributed by atoms with E-state index in [0.29, 0.717) is 19.6 Å². The number of nitrogens with zero attached hydrogens (tertiary/aromatic N) is 4. The molecule has 160 valence electrons. The fraction of sp³-hybridized carbons (Fsp3) is 0.905. The number of carbonyl (C=O) groups is 2. The van der Waals surface area contributed by atoms with Crippen LogP contribution in [0.2, 0.25) is 0 Å². The van der Waals surface area contributed by atoms with E-state index >= 15 is 0 Å². The maximum absolute atomic E-state index is 12.9. The maximum Gasteiger partial charge on any atom is 0.239 e. The topological polar surface area (TPSA) is 56.3 Å². The van der Waals surface area contributed by atoms with Crippen LogP contribution < -0.4 is 0 Å². The maximum atomic E-state index is 12.9. The summed E-state index contributed by atoms with van der Waals surface area (Å²) in [6, 6.07) is -0.110. The van der Waals surface area contributed by atoms with Gasteiger partial charge in [-0.05, 0) is 33.6 Å². The van der Waals surface area contributed by atoms with E-state index in [1.807, 2.05) is 30.6 Å². The first-order valence-electron chi connectivity index (χ1n) is 11.1. The Morgan fingerprint density at radius 3 is 2.00 bits per heavy atom. The second-order valence-electron chi connectivity index (χ2n) is 8.78. The van der Waals surface area contributed by atoms with E-state index in [0.717, 1.165) is 52.1 Å². The molecule has 3 unspecified atom stereocenters. The van der Waals surface area contributed by atoms with Crippen molar-refractivity contribution in [1.82, 2.24) is 19.6 Å². The normalized spacial score (nSPS) is 29.4. The quantitative estimate of drug-likeness (QED) is 0.713. The van der Waals surface area contributed by atoms with Gasteiger partial charge in [-0.3, -0.25) is 19.4 Å². The van der Waals surface area contributed by atoms with E-state index in [1.54, 1.807) is 0 Å². The molecule has 3 fully saturated rings. The first kappa shape index (κ1) is 21.5. The van der Waals surface area contributed by atoms with Crippen molar-refractivity contribution in [2.24, 2.45) is 0 Å². The van der Waals surface area contributed by atoms with E-state index in [9.17, 15) is 9.59 Å². The zero-order valence-corrected chi connectivity index (χ0v) is 17.9. The van der Waals surface area contributed by atoms with E-state index in [2.05, 4.69) is 9.80 Å². The van der Waals surface area contributed by atoms with Crippen LogP contribution in [0.25, 0.3) is 0 Å². The monoisotopic (exact) mass is 394 g/mol. The summed E-state index contributed by atoms with van der Waals surface area (Å²) >= 11 is 0. The molecule has 7 heteroatoms. The number of hydrogen-bond acceptors (Lipinski definition) is 5. The van der Waals surface area contributed by atoms with Gasteiger partial charge in [-0.2, -0.15) is 0 Å². The summed E-state index contributed by atoms with van der Waals surface area (Å²) < 4.78 is 5.75. The first-order chi connectivity index (χ1) is 13.4. The van der Waals surface area contributed by atoms with Crippen LogP contribution in [0.3, 0.4) is 0 Å². The third kappa shape index (κ3) is 5.67. The lowest BCUT2D eigenvalue weighted by Gasteiger charge is -2.41. The highest BCUT2D eigenvalue weighted by Crippen LogP contribution is 2.16. The van der Waals surface area contributed by atoms with Crippen molar-refractivity contribution < 1.29 is 14.3 Å². The van der Waals surface area contributed by atoms with E-state index in [1.165, 1.54) is 12.8 Å². The number of morpholine rings is 1. The average Bonchev–Trinajstić information content (AvgIpc) is 2.96. The number of hydrogen-bond donors (Lipinski definition) is 0. The highest BCUT2D eigenvalue weighted by atomic mass is 16.5. The molecule has 2 amide bonds. The van der Waals surface area contributed by atoms with Gasteiger partial charge in [0.05, 0.1) is 24.8 Å². The fourth-order valence-electron chi connectivity index (χ4n) is 4.70. The molecule has 3 aliphatic heterocycles. The predicted octanol–water partition coefficient (Wildman–Crippen LogP) is 1.03. The van der Waals surface area contributed by atoms with Gasteiger partial charge in [0.1, 0.15) is 0 Å². The molecule has 0 aromatic heterocycles. The Balaban J connectivity index is 1.44. The minimum atomic E-state index is -0.110. The van der Waals surface area contributed by atoms with Gasteiger partial charge in [-0.25, -0.2) is 0 Å². The molecule has 28 heavy (non-hydrogen) atoms. The minimum absolute atomic E-state index is 0.0988. The Bertz CT molecular complexity index is 518. The Labute approximate surface area is 169 Å².